The lowest BCUT2D eigenvalue weighted by Gasteiger charge is -2.07. The Morgan fingerprint density at radius 1 is 1.35 bits per heavy atom. The van der Waals surface area contributed by atoms with Crippen LogP contribution in [0.25, 0.3) is 6.08 Å². The van der Waals surface area contributed by atoms with Gasteiger partial charge in [0.15, 0.2) is 0 Å². The van der Waals surface area contributed by atoms with Gasteiger partial charge in [0.05, 0.1) is 4.47 Å². The van der Waals surface area contributed by atoms with E-state index in [-0.39, 0.29) is 5.70 Å². The van der Waals surface area contributed by atoms with Crippen molar-refractivity contribution in [1.29, 1.82) is 0 Å². The topological polar surface area (TPSA) is 74.6 Å². The predicted octanol–water partition coefficient (Wildman–Crippen LogP) is 1.29. The molecule has 1 saturated heterocycles. The third-order valence-electron chi connectivity index (χ3n) is 2.10. The molecule has 1 fully saturated rings. The molecule has 2 N–H and O–H groups in total. The molecule has 0 spiro atoms. The minimum Gasteiger partial charge on any atom is -0.440 e. The van der Waals surface area contributed by atoms with Crippen LogP contribution in [0.1, 0.15) is 5.76 Å². The molecule has 3 amide bonds. The summed E-state index contributed by atoms with van der Waals surface area (Å²) in [5, 5.41) is 4.49. The lowest BCUT2D eigenvalue weighted by Crippen LogP contribution is -2.22. The van der Waals surface area contributed by atoms with E-state index < -0.39 is 11.9 Å². The smallest absolute Gasteiger partial charge is 0.326 e. The van der Waals surface area contributed by atoms with Gasteiger partial charge in [-0.3, -0.25) is 10.1 Å². The molecular weight excluding hydrogens is 290 g/mol. The number of rotatable bonds is 2. The van der Waals surface area contributed by atoms with Crippen LogP contribution in [0, 0.1) is 0 Å². The average Bonchev–Trinajstić information content (AvgIpc) is 2.71. The molecule has 0 bridgehead atoms. The normalized spacial score (nSPS) is 17.2. The molecule has 1 aliphatic heterocycles. The van der Waals surface area contributed by atoms with Crippen molar-refractivity contribution in [1.82, 2.24) is 10.6 Å². The van der Waals surface area contributed by atoms with Crippen molar-refractivity contribution in [3.8, 4) is 0 Å². The van der Waals surface area contributed by atoms with Crippen molar-refractivity contribution in [3.05, 3.63) is 22.0 Å². The number of urea groups is 1. The lowest BCUT2D eigenvalue weighted by molar-refractivity contribution is -0.115. The fourth-order valence-electron chi connectivity index (χ4n) is 1.38. The second kappa shape index (κ2) is 4.25. The van der Waals surface area contributed by atoms with E-state index in [2.05, 4.69) is 26.6 Å². The van der Waals surface area contributed by atoms with Crippen LogP contribution in [0.15, 0.2) is 20.7 Å². The van der Waals surface area contributed by atoms with E-state index in [0.29, 0.717) is 11.6 Å². The summed E-state index contributed by atoms with van der Waals surface area (Å²) in [6.45, 7) is 0. The number of carbonyl (C=O) groups excluding carboxylic acids is 2. The van der Waals surface area contributed by atoms with Gasteiger partial charge in [-0.1, -0.05) is 0 Å². The zero-order chi connectivity index (χ0) is 12.6. The second-order valence-corrected chi connectivity index (χ2v) is 4.52. The summed E-state index contributed by atoms with van der Waals surface area (Å²) in [4.78, 5) is 24.0. The molecule has 2 rings (SSSR count). The number of hydrogen-bond donors (Lipinski definition) is 2. The number of nitrogens with one attached hydrogen (secondary N) is 2. The number of imide groups is 1. The summed E-state index contributed by atoms with van der Waals surface area (Å²) < 4.78 is 6.27. The monoisotopic (exact) mass is 299 g/mol. The molecule has 6 nitrogen and oxygen atoms in total. The molecule has 0 aromatic carbocycles. The van der Waals surface area contributed by atoms with Crippen molar-refractivity contribution >= 4 is 39.8 Å². The minimum absolute atomic E-state index is 0.168. The molecule has 7 heteroatoms. The predicted molar refractivity (Wildman–Crippen MR) is 65.4 cm³/mol. The Labute approximate surface area is 106 Å². The summed E-state index contributed by atoms with van der Waals surface area (Å²) in [6, 6.07) is 1.19. The average molecular weight is 300 g/mol. The van der Waals surface area contributed by atoms with Crippen LogP contribution in [0.4, 0.5) is 10.7 Å². The standard InChI is InChI=1S/C10H10BrN3O3/c1-14(2)9-6(11)3-5(17-9)4-7-8(15)13-10(16)12-7/h3-4H,1-2H3,(H2,12,13,15,16)/b7-4+. The molecule has 0 atom stereocenters. The van der Waals surface area contributed by atoms with E-state index in [9.17, 15) is 9.59 Å². The molecule has 0 saturated carbocycles. The van der Waals surface area contributed by atoms with E-state index in [1.165, 1.54) is 6.08 Å². The lowest BCUT2D eigenvalue weighted by atomic mass is 10.3. The Morgan fingerprint density at radius 3 is 2.53 bits per heavy atom. The van der Waals surface area contributed by atoms with Crippen LogP contribution in [-0.2, 0) is 4.79 Å². The first-order valence-electron chi connectivity index (χ1n) is 4.78. The SMILES string of the molecule is CN(C)c1oc(/C=C2/NC(=O)NC2=O)cc1Br. The van der Waals surface area contributed by atoms with Gasteiger partial charge in [0, 0.05) is 26.2 Å². The van der Waals surface area contributed by atoms with Crippen LogP contribution >= 0.6 is 15.9 Å². The highest BCUT2D eigenvalue weighted by Gasteiger charge is 2.23. The first-order valence-corrected chi connectivity index (χ1v) is 5.57. The zero-order valence-electron chi connectivity index (χ0n) is 9.20. The number of nitrogens with zero attached hydrogens (tertiary/aromatic N) is 1. The van der Waals surface area contributed by atoms with Crippen molar-refractivity contribution in [3.63, 3.8) is 0 Å². The number of hydrogen-bond acceptors (Lipinski definition) is 4. The fraction of sp³-hybridized carbons (Fsp3) is 0.200. The molecule has 0 aliphatic carbocycles. The van der Waals surface area contributed by atoms with Gasteiger partial charge < -0.3 is 14.6 Å². The number of halogens is 1. The van der Waals surface area contributed by atoms with Gasteiger partial charge in [-0.2, -0.15) is 0 Å². The maximum absolute atomic E-state index is 11.3. The molecule has 90 valence electrons. The molecule has 1 aromatic rings. The van der Waals surface area contributed by atoms with Gasteiger partial charge in [0.1, 0.15) is 11.5 Å². The number of carbonyl (C=O) groups is 2. The van der Waals surface area contributed by atoms with E-state index in [1.807, 2.05) is 14.1 Å². The Hall–Kier alpha value is -1.76. The molecular formula is C10H10BrN3O3. The Morgan fingerprint density at radius 2 is 2.06 bits per heavy atom. The third-order valence-corrected chi connectivity index (χ3v) is 2.67. The first-order chi connectivity index (χ1) is 7.97. The molecule has 1 aromatic heterocycles. The van der Waals surface area contributed by atoms with Gasteiger partial charge in [0.2, 0.25) is 5.88 Å². The summed E-state index contributed by atoms with van der Waals surface area (Å²) in [5.41, 5.74) is 0.168. The number of anilines is 1. The highest BCUT2D eigenvalue weighted by molar-refractivity contribution is 9.10. The molecule has 17 heavy (non-hydrogen) atoms. The van der Waals surface area contributed by atoms with Crippen molar-refractivity contribution < 1.29 is 14.0 Å². The van der Waals surface area contributed by atoms with Crippen LogP contribution in [0.2, 0.25) is 0 Å². The van der Waals surface area contributed by atoms with Gasteiger partial charge in [-0.05, 0) is 15.9 Å². The summed E-state index contributed by atoms with van der Waals surface area (Å²) in [7, 11) is 3.68. The quantitative estimate of drug-likeness (QED) is 0.637. The maximum Gasteiger partial charge on any atom is 0.326 e. The van der Waals surface area contributed by atoms with Gasteiger partial charge in [-0.25, -0.2) is 4.79 Å². The van der Waals surface area contributed by atoms with Crippen LogP contribution in [-0.4, -0.2) is 26.0 Å². The van der Waals surface area contributed by atoms with Gasteiger partial charge in [-0.15, -0.1) is 0 Å². The number of furan rings is 1. The van der Waals surface area contributed by atoms with Crippen molar-refractivity contribution in [2.75, 3.05) is 19.0 Å². The summed E-state index contributed by atoms with van der Waals surface area (Å²) in [6.07, 6.45) is 1.47. The van der Waals surface area contributed by atoms with E-state index >= 15 is 0 Å². The van der Waals surface area contributed by atoms with E-state index in [1.54, 1.807) is 11.0 Å². The van der Waals surface area contributed by atoms with Crippen molar-refractivity contribution in [2.45, 2.75) is 0 Å². The second-order valence-electron chi connectivity index (χ2n) is 3.66. The first kappa shape index (κ1) is 11.7. The summed E-state index contributed by atoms with van der Waals surface area (Å²) in [5.74, 6) is 0.656. The molecule has 2 heterocycles. The van der Waals surface area contributed by atoms with E-state index in [4.69, 9.17) is 4.42 Å². The molecule has 1 aliphatic rings. The van der Waals surface area contributed by atoms with Crippen LogP contribution in [0.3, 0.4) is 0 Å². The van der Waals surface area contributed by atoms with Gasteiger partial charge >= 0.3 is 6.03 Å². The summed E-state index contributed by atoms with van der Waals surface area (Å²) >= 11 is 3.34. The minimum atomic E-state index is -0.528. The third kappa shape index (κ3) is 2.33. The maximum atomic E-state index is 11.3. The molecule has 0 unspecified atom stereocenters. The van der Waals surface area contributed by atoms with E-state index in [0.717, 1.165) is 4.47 Å². The van der Waals surface area contributed by atoms with Crippen LogP contribution < -0.4 is 15.5 Å². The van der Waals surface area contributed by atoms with Gasteiger partial charge in [0.25, 0.3) is 5.91 Å². The fourth-order valence-corrected chi connectivity index (χ4v) is 2.04. The Kier molecular flexibility index (Phi) is 2.93. The highest BCUT2D eigenvalue weighted by atomic mass is 79.9. The molecule has 0 radical (unpaired) electrons. The van der Waals surface area contributed by atoms with Crippen LogP contribution in [0.5, 0.6) is 0 Å². The zero-order valence-corrected chi connectivity index (χ0v) is 10.8. The largest absolute Gasteiger partial charge is 0.440 e. The highest BCUT2D eigenvalue weighted by Crippen LogP contribution is 2.29. The van der Waals surface area contributed by atoms with Crippen molar-refractivity contribution in [2.24, 2.45) is 0 Å². The Balaban J connectivity index is 2.30. The Bertz CT molecular complexity index is 519. The number of amides is 3.